The number of aryl methyl sites for hydroxylation is 1. The van der Waals surface area contributed by atoms with Crippen LogP contribution in [0.5, 0.6) is 5.75 Å². The molecule has 0 radical (unpaired) electrons. The number of likely N-dealkylation sites (tertiary alicyclic amines) is 1. The van der Waals surface area contributed by atoms with E-state index in [9.17, 15) is 4.79 Å². The molecule has 0 saturated carbocycles. The first-order valence-electron chi connectivity index (χ1n) is 8.77. The molecule has 25 heavy (non-hydrogen) atoms. The molecule has 2 heterocycles. The van der Waals surface area contributed by atoms with Crippen LogP contribution in [-0.2, 0) is 6.42 Å². The van der Waals surface area contributed by atoms with Crippen molar-refractivity contribution in [1.82, 2.24) is 25.4 Å². The highest BCUT2D eigenvalue weighted by Gasteiger charge is 2.25. The fourth-order valence-corrected chi connectivity index (χ4v) is 3.20. The van der Waals surface area contributed by atoms with E-state index in [1.54, 1.807) is 7.11 Å². The molecule has 7 heteroatoms. The van der Waals surface area contributed by atoms with Crippen molar-refractivity contribution in [2.24, 2.45) is 0 Å². The van der Waals surface area contributed by atoms with Gasteiger partial charge in [0.1, 0.15) is 17.9 Å². The van der Waals surface area contributed by atoms with Gasteiger partial charge in [0, 0.05) is 25.6 Å². The second kappa shape index (κ2) is 8.50. The Bertz CT molecular complexity index is 666. The SMILES string of the molecule is COc1cccc(CCCNC(=O)N2CCC(c3ncn[nH]3)CC2)c1. The molecule has 1 aromatic heterocycles. The monoisotopic (exact) mass is 343 g/mol. The molecule has 7 nitrogen and oxygen atoms in total. The molecule has 1 saturated heterocycles. The van der Waals surface area contributed by atoms with Crippen LogP contribution in [0.2, 0.25) is 0 Å². The zero-order valence-corrected chi connectivity index (χ0v) is 14.6. The van der Waals surface area contributed by atoms with Crippen LogP contribution >= 0.6 is 0 Å². The number of carbonyl (C=O) groups is 1. The highest BCUT2D eigenvalue weighted by atomic mass is 16.5. The van der Waals surface area contributed by atoms with E-state index in [0.29, 0.717) is 12.5 Å². The Balaban J connectivity index is 1.35. The van der Waals surface area contributed by atoms with E-state index >= 15 is 0 Å². The van der Waals surface area contributed by atoms with Gasteiger partial charge in [-0.05, 0) is 43.4 Å². The Kier molecular flexibility index (Phi) is 5.87. The molecule has 0 bridgehead atoms. The van der Waals surface area contributed by atoms with Crippen LogP contribution in [-0.4, -0.2) is 52.9 Å². The van der Waals surface area contributed by atoms with Crippen molar-refractivity contribution in [3.8, 4) is 5.75 Å². The summed E-state index contributed by atoms with van der Waals surface area (Å²) in [6, 6.07) is 8.08. The van der Waals surface area contributed by atoms with Gasteiger partial charge in [0.2, 0.25) is 0 Å². The Morgan fingerprint density at radius 3 is 2.96 bits per heavy atom. The average molecular weight is 343 g/mol. The summed E-state index contributed by atoms with van der Waals surface area (Å²) < 4.78 is 5.23. The number of hydrogen-bond donors (Lipinski definition) is 2. The topological polar surface area (TPSA) is 83.1 Å². The van der Waals surface area contributed by atoms with Gasteiger partial charge in [-0.2, -0.15) is 5.10 Å². The molecule has 1 aliphatic rings. The molecule has 0 unspecified atom stereocenters. The van der Waals surface area contributed by atoms with Gasteiger partial charge in [0.05, 0.1) is 7.11 Å². The van der Waals surface area contributed by atoms with Crippen molar-refractivity contribution in [3.05, 3.63) is 42.0 Å². The summed E-state index contributed by atoms with van der Waals surface area (Å²) in [7, 11) is 1.67. The third-order valence-electron chi connectivity index (χ3n) is 4.66. The second-order valence-electron chi connectivity index (χ2n) is 6.32. The smallest absolute Gasteiger partial charge is 0.317 e. The summed E-state index contributed by atoms with van der Waals surface area (Å²) >= 11 is 0. The number of piperidine rings is 1. The third-order valence-corrected chi connectivity index (χ3v) is 4.66. The first-order chi connectivity index (χ1) is 12.3. The maximum absolute atomic E-state index is 12.3. The molecule has 1 aromatic carbocycles. The third kappa shape index (κ3) is 4.71. The number of carbonyl (C=O) groups excluding carboxylic acids is 1. The lowest BCUT2D eigenvalue weighted by molar-refractivity contribution is 0.180. The molecule has 2 aromatic rings. The molecule has 2 N–H and O–H groups in total. The maximum Gasteiger partial charge on any atom is 0.317 e. The normalized spacial score (nSPS) is 15.2. The Morgan fingerprint density at radius 1 is 1.40 bits per heavy atom. The van der Waals surface area contributed by atoms with Gasteiger partial charge in [-0.15, -0.1) is 0 Å². The molecule has 1 fully saturated rings. The van der Waals surface area contributed by atoms with Crippen molar-refractivity contribution < 1.29 is 9.53 Å². The predicted octanol–water partition coefficient (Wildman–Crippen LogP) is 2.34. The van der Waals surface area contributed by atoms with Crippen molar-refractivity contribution in [2.75, 3.05) is 26.7 Å². The summed E-state index contributed by atoms with van der Waals surface area (Å²) in [5.41, 5.74) is 1.22. The van der Waals surface area contributed by atoms with Gasteiger partial charge in [-0.1, -0.05) is 12.1 Å². The zero-order chi connectivity index (χ0) is 17.5. The van der Waals surface area contributed by atoms with Gasteiger partial charge >= 0.3 is 6.03 Å². The largest absolute Gasteiger partial charge is 0.497 e. The van der Waals surface area contributed by atoms with Crippen LogP contribution < -0.4 is 10.1 Å². The number of ether oxygens (including phenoxy) is 1. The number of hydrogen-bond acceptors (Lipinski definition) is 4. The van der Waals surface area contributed by atoms with Crippen molar-refractivity contribution >= 4 is 6.03 Å². The number of H-pyrrole nitrogens is 1. The van der Waals surface area contributed by atoms with Gasteiger partial charge in [0.15, 0.2) is 0 Å². The van der Waals surface area contributed by atoms with E-state index in [1.807, 2.05) is 23.1 Å². The lowest BCUT2D eigenvalue weighted by Crippen LogP contribution is -2.44. The highest BCUT2D eigenvalue weighted by Crippen LogP contribution is 2.24. The van der Waals surface area contributed by atoms with E-state index in [4.69, 9.17) is 4.74 Å². The lowest BCUT2D eigenvalue weighted by Gasteiger charge is -2.31. The van der Waals surface area contributed by atoms with Crippen LogP contribution in [0.4, 0.5) is 4.79 Å². The fourth-order valence-electron chi connectivity index (χ4n) is 3.20. The van der Waals surface area contributed by atoms with E-state index < -0.39 is 0 Å². The zero-order valence-electron chi connectivity index (χ0n) is 14.6. The minimum atomic E-state index is 0.0293. The van der Waals surface area contributed by atoms with E-state index in [0.717, 1.165) is 50.3 Å². The molecular weight excluding hydrogens is 318 g/mol. The number of urea groups is 1. The van der Waals surface area contributed by atoms with Crippen LogP contribution in [0, 0.1) is 0 Å². The number of amides is 2. The van der Waals surface area contributed by atoms with E-state index in [2.05, 4.69) is 26.6 Å². The van der Waals surface area contributed by atoms with Crippen molar-refractivity contribution in [3.63, 3.8) is 0 Å². The standard InChI is InChI=1S/C18H25N5O2/c1-25-16-6-2-4-14(12-16)5-3-9-19-18(24)23-10-7-15(8-11-23)17-20-13-21-22-17/h2,4,6,12-13,15H,3,5,7-11H2,1H3,(H,19,24)(H,20,21,22). The van der Waals surface area contributed by atoms with Crippen LogP contribution in [0.15, 0.2) is 30.6 Å². The number of aromatic amines is 1. The highest BCUT2D eigenvalue weighted by molar-refractivity contribution is 5.74. The number of methoxy groups -OCH3 is 1. The molecule has 0 aliphatic carbocycles. The number of aromatic nitrogens is 3. The molecule has 1 aliphatic heterocycles. The molecule has 2 amide bonds. The van der Waals surface area contributed by atoms with Gasteiger partial charge in [0.25, 0.3) is 0 Å². The van der Waals surface area contributed by atoms with Crippen molar-refractivity contribution in [1.29, 1.82) is 0 Å². The second-order valence-corrected chi connectivity index (χ2v) is 6.32. The first kappa shape index (κ1) is 17.3. The summed E-state index contributed by atoms with van der Waals surface area (Å²) in [5.74, 6) is 2.18. The van der Waals surface area contributed by atoms with E-state index in [1.165, 1.54) is 11.9 Å². The molecular formula is C18H25N5O2. The number of rotatable bonds is 6. The molecule has 134 valence electrons. The molecule has 3 rings (SSSR count). The summed E-state index contributed by atoms with van der Waals surface area (Å²) in [6.07, 6.45) is 5.22. The van der Waals surface area contributed by atoms with Crippen molar-refractivity contribution in [2.45, 2.75) is 31.6 Å². The van der Waals surface area contributed by atoms with Gasteiger partial charge < -0.3 is 15.0 Å². The summed E-state index contributed by atoms with van der Waals surface area (Å²) in [6.45, 7) is 2.19. The van der Waals surface area contributed by atoms with Crippen LogP contribution in [0.3, 0.4) is 0 Å². The lowest BCUT2D eigenvalue weighted by atomic mass is 9.96. The van der Waals surface area contributed by atoms with Gasteiger partial charge in [-0.25, -0.2) is 9.78 Å². The number of nitrogens with zero attached hydrogens (tertiary/aromatic N) is 3. The summed E-state index contributed by atoms with van der Waals surface area (Å²) in [5, 5.41) is 9.85. The Morgan fingerprint density at radius 2 is 2.24 bits per heavy atom. The van der Waals surface area contributed by atoms with E-state index in [-0.39, 0.29) is 6.03 Å². The maximum atomic E-state index is 12.3. The average Bonchev–Trinajstić information content (AvgIpc) is 3.20. The van der Waals surface area contributed by atoms with Gasteiger partial charge in [-0.3, -0.25) is 5.10 Å². The fraction of sp³-hybridized carbons (Fsp3) is 0.500. The minimum absolute atomic E-state index is 0.0293. The quantitative estimate of drug-likeness (QED) is 0.789. The van der Waals surface area contributed by atoms with Crippen LogP contribution in [0.1, 0.15) is 36.6 Å². The summed E-state index contributed by atoms with van der Waals surface area (Å²) in [4.78, 5) is 18.4. The number of nitrogens with one attached hydrogen (secondary N) is 2. The minimum Gasteiger partial charge on any atom is -0.497 e. The Labute approximate surface area is 147 Å². The Hall–Kier alpha value is -2.57. The predicted molar refractivity (Wildman–Crippen MR) is 94.6 cm³/mol. The molecule has 0 spiro atoms. The first-order valence-corrected chi connectivity index (χ1v) is 8.77. The van der Waals surface area contributed by atoms with Crippen LogP contribution in [0.25, 0.3) is 0 Å². The molecule has 0 atom stereocenters. The number of benzene rings is 1.